The van der Waals surface area contributed by atoms with Crippen LogP contribution in [0.3, 0.4) is 0 Å². The van der Waals surface area contributed by atoms with Gasteiger partial charge in [0.2, 0.25) is 0 Å². The Bertz CT molecular complexity index is 349. The zero-order valence-electron chi connectivity index (χ0n) is 7.10. The highest BCUT2D eigenvalue weighted by molar-refractivity contribution is 5.75. The molecule has 1 aliphatic rings. The van der Waals surface area contributed by atoms with E-state index in [9.17, 15) is 4.79 Å². The van der Waals surface area contributed by atoms with E-state index in [1.54, 1.807) is 0 Å². The first-order valence-corrected chi connectivity index (χ1v) is 4.26. The molecule has 0 spiro atoms. The van der Waals surface area contributed by atoms with E-state index < -0.39 is 5.97 Å². The van der Waals surface area contributed by atoms with Crippen molar-refractivity contribution in [3.63, 3.8) is 0 Å². The third kappa shape index (κ3) is 1.49. The number of hydrogen-bond acceptors (Lipinski definition) is 2. The molecule has 68 valence electrons. The molecule has 3 N–H and O–H groups in total. The second kappa shape index (κ2) is 2.76. The maximum atomic E-state index is 10.6. The lowest BCUT2D eigenvalue weighted by Gasteiger charge is -1.99. The fourth-order valence-electron chi connectivity index (χ4n) is 1.63. The topological polar surface area (TPSA) is 63.3 Å². The van der Waals surface area contributed by atoms with Crippen molar-refractivity contribution in [2.75, 3.05) is 5.73 Å². The number of carboxylic acids is 1. The molecule has 0 unspecified atom stereocenters. The molecule has 13 heavy (non-hydrogen) atoms. The molecule has 0 aromatic heterocycles. The number of aliphatic carboxylic acids is 1. The van der Waals surface area contributed by atoms with E-state index in [2.05, 4.69) is 0 Å². The van der Waals surface area contributed by atoms with Crippen molar-refractivity contribution in [3.8, 4) is 0 Å². The van der Waals surface area contributed by atoms with Crippen molar-refractivity contribution in [3.05, 3.63) is 29.8 Å². The maximum Gasteiger partial charge on any atom is 0.307 e. The summed E-state index contributed by atoms with van der Waals surface area (Å²) in [5.41, 5.74) is 7.35. The molecule has 2 rings (SSSR count). The summed E-state index contributed by atoms with van der Waals surface area (Å²) in [6.07, 6.45) is 0.749. The highest BCUT2D eigenvalue weighted by atomic mass is 16.4. The summed E-state index contributed by atoms with van der Waals surface area (Å²) in [6.45, 7) is 0. The molecule has 0 bridgehead atoms. The van der Waals surface area contributed by atoms with Crippen molar-refractivity contribution in [1.82, 2.24) is 0 Å². The smallest absolute Gasteiger partial charge is 0.307 e. The van der Waals surface area contributed by atoms with Crippen LogP contribution in [0, 0.1) is 5.92 Å². The molecular formula is C10H11NO2. The highest BCUT2D eigenvalue weighted by Gasteiger charge is 2.44. The van der Waals surface area contributed by atoms with E-state index in [0.717, 1.165) is 12.0 Å². The van der Waals surface area contributed by atoms with Crippen LogP contribution in [0.4, 0.5) is 5.69 Å². The van der Waals surface area contributed by atoms with Crippen molar-refractivity contribution < 1.29 is 9.90 Å². The van der Waals surface area contributed by atoms with Crippen LogP contribution in [0.1, 0.15) is 17.9 Å². The summed E-state index contributed by atoms with van der Waals surface area (Å²) < 4.78 is 0. The molecule has 1 saturated carbocycles. The molecule has 0 radical (unpaired) electrons. The summed E-state index contributed by atoms with van der Waals surface area (Å²) in [5.74, 6) is -0.713. The average Bonchev–Trinajstić information content (AvgIpc) is 2.82. The predicted molar refractivity (Wildman–Crippen MR) is 49.3 cm³/mol. The minimum Gasteiger partial charge on any atom is -0.481 e. The van der Waals surface area contributed by atoms with Gasteiger partial charge in [-0.15, -0.1) is 0 Å². The van der Waals surface area contributed by atoms with Crippen LogP contribution >= 0.6 is 0 Å². The van der Waals surface area contributed by atoms with E-state index in [-0.39, 0.29) is 11.8 Å². The highest BCUT2D eigenvalue weighted by Crippen LogP contribution is 2.47. The molecule has 0 aliphatic heterocycles. The minimum atomic E-state index is -0.701. The van der Waals surface area contributed by atoms with Gasteiger partial charge in [0.1, 0.15) is 0 Å². The first-order chi connectivity index (χ1) is 6.18. The molecular weight excluding hydrogens is 166 g/mol. The largest absolute Gasteiger partial charge is 0.481 e. The number of anilines is 1. The maximum absolute atomic E-state index is 10.6. The first kappa shape index (κ1) is 8.10. The van der Waals surface area contributed by atoms with Crippen LogP contribution in [-0.2, 0) is 4.79 Å². The molecule has 3 nitrogen and oxygen atoms in total. The quantitative estimate of drug-likeness (QED) is 0.672. The van der Waals surface area contributed by atoms with Gasteiger partial charge in [-0.1, -0.05) is 12.1 Å². The predicted octanol–water partition coefficient (Wildman–Crippen LogP) is 1.46. The minimum absolute atomic E-state index is 0.181. The van der Waals surface area contributed by atoms with Gasteiger partial charge in [0.15, 0.2) is 0 Å². The Kier molecular flexibility index (Phi) is 1.72. The van der Waals surface area contributed by atoms with Crippen LogP contribution in [0.25, 0.3) is 0 Å². The summed E-state index contributed by atoms with van der Waals surface area (Å²) in [4.78, 5) is 10.6. The van der Waals surface area contributed by atoms with Crippen LogP contribution in [0.5, 0.6) is 0 Å². The number of carboxylic acid groups (broad SMARTS) is 1. The normalized spacial score (nSPS) is 25.5. The monoisotopic (exact) mass is 177 g/mol. The van der Waals surface area contributed by atoms with Gasteiger partial charge in [-0.05, 0) is 30.0 Å². The Hall–Kier alpha value is -1.51. The van der Waals surface area contributed by atoms with Crippen molar-refractivity contribution in [2.45, 2.75) is 12.3 Å². The van der Waals surface area contributed by atoms with E-state index in [1.807, 2.05) is 24.3 Å². The van der Waals surface area contributed by atoms with Crippen LogP contribution < -0.4 is 5.73 Å². The number of nitrogens with two attached hydrogens (primary N) is 1. The lowest BCUT2D eigenvalue weighted by Crippen LogP contribution is -1.99. The average molecular weight is 177 g/mol. The Morgan fingerprint density at radius 1 is 1.54 bits per heavy atom. The Morgan fingerprint density at radius 2 is 2.31 bits per heavy atom. The molecule has 1 aliphatic carbocycles. The van der Waals surface area contributed by atoms with Gasteiger partial charge in [0.05, 0.1) is 5.92 Å². The molecule has 0 amide bonds. The van der Waals surface area contributed by atoms with Crippen LogP contribution in [-0.4, -0.2) is 11.1 Å². The fourth-order valence-corrected chi connectivity index (χ4v) is 1.63. The third-order valence-corrected chi connectivity index (χ3v) is 2.45. The van der Waals surface area contributed by atoms with Crippen molar-refractivity contribution in [2.24, 2.45) is 5.92 Å². The first-order valence-electron chi connectivity index (χ1n) is 4.26. The van der Waals surface area contributed by atoms with Crippen LogP contribution in [0.15, 0.2) is 24.3 Å². The van der Waals surface area contributed by atoms with E-state index in [1.165, 1.54) is 0 Å². The van der Waals surface area contributed by atoms with Gasteiger partial charge in [0.25, 0.3) is 0 Å². The molecule has 0 heterocycles. The number of rotatable bonds is 2. The Balaban J connectivity index is 2.16. The third-order valence-electron chi connectivity index (χ3n) is 2.45. The molecule has 1 aromatic rings. The summed E-state index contributed by atoms with van der Waals surface area (Å²) in [7, 11) is 0. The van der Waals surface area contributed by atoms with Gasteiger partial charge in [-0.25, -0.2) is 0 Å². The van der Waals surface area contributed by atoms with Gasteiger partial charge in [-0.3, -0.25) is 4.79 Å². The molecule has 0 saturated heterocycles. The zero-order valence-corrected chi connectivity index (χ0v) is 7.10. The lowest BCUT2D eigenvalue weighted by molar-refractivity contribution is -0.138. The second-order valence-corrected chi connectivity index (χ2v) is 3.46. The van der Waals surface area contributed by atoms with Crippen LogP contribution in [0.2, 0.25) is 0 Å². The van der Waals surface area contributed by atoms with E-state index in [4.69, 9.17) is 10.8 Å². The van der Waals surface area contributed by atoms with Gasteiger partial charge >= 0.3 is 5.97 Å². The van der Waals surface area contributed by atoms with Crippen molar-refractivity contribution in [1.29, 1.82) is 0 Å². The van der Waals surface area contributed by atoms with Crippen molar-refractivity contribution >= 4 is 11.7 Å². The number of hydrogen-bond donors (Lipinski definition) is 2. The standard InChI is InChI=1S/C10H11NO2/c11-7-3-1-2-6(4-7)8-5-9(8)10(12)13/h1-4,8-9H,5,11H2,(H,12,13)/t8-,9-/m1/s1. The van der Waals surface area contributed by atoms with Gasteiger partial charge in [0, 0.05) is 5.69 Å². The number of carbonyl (C=O) groups is 1. The summed E-state index contributed by atoms with van der Waals surface area (Å²) in [5, 5.41) is 8.72. The Morgan fingerprint density at radius 3 is 2.85 bits per heavy atom. The number of nitrogen functional groups attached to an aromatic ring is 1. The van der Waals surface area contributed by atoms with Gasteiger partial charge in [-0.2, -0.15) is 0 Å². The van der Waals surface area contributed by atoms with E-state index >= 15 is 0 Å². The summed E-state index contributed by atoms with van der Waals surface area (Å²) >= 11 is 0. The molecule has 1 aromatic carbocycles. The fraction of sp³-hybridized carbons (Fsp3) is 0.300. The molecule has 2 atom stereocenters. The molecule has 3 heteroatoms. The lowest BCUT2D eigenvalue weighted by atomic mass is 10.1. The molecule has 1 fully saturated rings. The summed E-state index contributed by atoms with van der Waals surface area (Å²) in [6, 6.07) is 7.46. The Labute approximate surface area is 76.2 Å². The van der Waals surface area contributed by atoms with E-state index in [0.29, 0.717) is 5.69 Å². The zero-order chi connectivity index (χ0) is 9.42. The second-order valence-electron chi connectivity index (χ2n) is 3.46. The van der Waals surface area contributed by atoms with Gasteiger partial charge < -0.3 is 10.8 Å². The SMILES string of the molecule is Nc1cccc([C@H]2C[C@H]2C(=O)O)c1. The number of benzene rings is 1.